The van der Waals surface area contributed by atoms with Crippen molar-refractivity contribution in [2.75, 3.05) is 19.6 Å². The topological polar surface area (TPSA) is 58.1 Å². The second-order valence-corrected chi connectivity index (χ2v) is 7.99. The number of amides is 1. The number of aromatic nitrogens is 2. The highest BCUT2D eigenvalue weighted by atomic mass is 16.1. The molecule has 3 aromatic rings. The summed E-state index contributed by atoms with van der Waals surface area (Å²) in [6.45, 7) is 5.20. The van der Waals surface area contributed by atoms with Crippen LogP contribution >= 0.6 is 0 Å². The number of fused-ring (bicyclic) bond motifs is 1. The lowest BCUT2D eigenvalue weighted by atomic mass is 10.00. The smallest absolute Gasteiger partial charge is 0.252 e. The number of rotatable bonds is 7. The van der Waals surface area contributed by atoms with E-state index in [1.807, 2.05) is 48.5 Å². The highest BCUT2D eigenvalue weighted by Crippen LogP contribution is 2.24. The first-order valence-electron chi connectivity index (χ1n) is 11.1. The van der Waals surface area contributed by atoms with Gasteiger partial charge in [0.1, 0.15) is 0 Å². The van der Waals surface area contributed by atoms with Crippen LogP contribution in [0.15, 0.2) is 54.7 Å². The van der Waals surface area contributed by atoms with Crippen LogP contribution < -0.4 is 5.32 Å². The Balaban J connectivity index is 1.46. The van der Waals surface area contributed by atoms with Gasteiger partial charge in [-0.2, -0.15) is 0 Å². The quantitative estimate of drug-likeness (QED) is 0.583. The Morgan fingerprint density at radius 1 is 1.13 bits per heavy atom. The van der Waals surface area contributed by atoms with Gasteiger partial charge in [-0.15, -0.1) is 0 Å². The Labute approximate surface area is 178 Å². The minimum atomic E-state index is -0.0449. The van der Waals surface area contributed by atoms with Crippen molar-refractivity contribution in [1.82, 2.24) is 20.2 Å². The molecule has 1 aliphatic heterocycles. The number of carbonyl (C=O) groups is 1. The Hall–Kier alpha value is -2.79. The SMILES string of the molecule is CC[C@H]1CCCCN1CCCNC(=O)c1cc(-c2ccccn2)nc2ccccc12. The summed E-state index contributed by atoms with van der Waals surface area (Å²) in [5, 5.41) is 4.00. The molecule has 156 valence electrons. The first kappa shape index (κ1) is 20.5. The number of piperidine rings is 1. The number of para-hydroxylation sites is 1. The number of nitrogens with zero attached hydrogens (tertiary/aromatic N) is 3. The molecule has 1 fully saturated rings. The molecule has 3 heterocycles. The van der Waals surface area contributed by atoms with Gasteiger partial charge >= 0.3 is 0 Å². The summed E-state index contributed by atoms with van der Waals surface area (Å²) < 4.78 is 0. The molecular weight excluding hydrogens is 372 g/mol. The summed E-state index contributed by atoms with van der Waals surface area (Å²) in [6, 6.07) is 16.1. The van der Waals surface area contributed by atoms with Crippen molar-refractivity contribution in [3.8, 4) is 11.4 Å². The van der Waals surface area contributed by atoms with Crippen molar-refractivity contribution in [1.29, 1.82) is 0 Å². The minimum Gasteiger partial charge on any atom is -0.352 e. The third kappa shape index (κ3) is 4.68. The van der Waals surface area contributed by atoms with Crippen LogP contribution in [-0.4, -0.2) is 46.5 Å². The molecule has 1 N–H and O–H groups in total. The van der Waals surface area contributed by atoms with Crippen molar-refractivity contribution in [3.05, 3.63) is 60.3 Å². The Morgan fingerprint density at radius 3 is 2.83 bits per heavy atom. The van der Waals surface area contributed by atoms with Crippen molar-refractivity contribution < 1.29 is 4.79 Å². The van der Waals surface area contributed by atoms with E-state index < -0.39 is 0 Å². The summed E-state index contributed by atoms with van der Waals surface area (Å²) in [6.07, 6.45) is 7.88. The summed E-state index contributed by atoms with van der Waals surface area (Å²) in [5.74, 6) is -0.0449. The molecule has 1 aliphatic rings. The summed E-state index contributed by atoms with van der Waals surface area (Å²) in [5.41, 5.74) is 2.96. The summed E-state index contributed by atoms with van der Waals surface area (Å²) >= 11 is 0. The molecule has 1 amide bonds. The second kappa shape index (κ2) is 9.81. The van der Waals surface area contributed by atoms with E-state index in [9.17, 15) is 4.79 Å². The normalized spacial score (nSPS) is 17.2. The van der Waals surface area contributed by atoms with Gasteiger partial charge in [-0.1, -0.05) is 37.6 Å². The van der Waals surface area contributed by atoms with Gasteiger partial charge in [0.25, 0.3) is 5.91 Å². The number of benzene rings is 1. The molecular formula is C25H30N4O. The highest BCUT2D eigenvalue weighted by molar-refractivity contribution is 6.07. The molecule has 0 unspecified atom stereocenters. The maximum Gasteiger partial charge on any atom is 0.252 e. The van der Waals surface area contributed by atoms with Gasteiger partial charge in [0.05, 0.1) is 22.5 Å². The fourth-order valence-corrected chi connectivity index (χ4v) is 4.40. The van der Waals surface area contributed by atoms with E-state index >= 15 is 0 Å². The molecule has 4 rings (SSSR count). The van der Waals surface area contributed by atoms with E-state index in [2.05, 4.69) is 22.1 Å². The van der Waals surface area contributed by atoms with E-state index in [1.165, 1.54) is 32.2 Å². The third-order valence-electron chi connectivity index (χ3n) is 6.02. The number of nitrogens with one attached hydrogen (secondary N) is 1. The zero-order valence-electron chi connectivity index (χ0n) is 17.7. The Kier molecular flexibility index (Phi) is 6.70. The molecule has 2 aromatic heterocycles. The largest absolute Gasteiger partial charge is 0.352 e. The lowest BCUT2D eigenvalue weighted by molar-refractivity contribution is 0.0949. The van der Waals surface area contributed by atoms with Crippen LogP contribution in [0.3, 0.4) is 0 Å². The van der Waals surface area contributed by atoms with Gasteiger partial charge in [0.2, 0.25) is 0 Å². The predicted octanol–water partition coefficient (Wildman–Crippen LogP) is 4.68. The standard InChI is InChI=1S/C25H30N4O/c1-2-19-10-6-8-16-29(19)17-9-15-27-25(30)21-18-24(23-13-5-7-14-26-23)28-22-12-4-3-11-20(21)22/h3-5,7,11-14,18-19H,2,6,8-10,15-17H2,1H3,(H,27,30)/t19-/m0/s1. The number of carbonyl (C=O) groups excluding carboxylic acids is 1. The van der Waals surface area contributed by atoms with Crippen molar-refractivity contribution in [2.45, 2.75) is 45.1 Å². The van der Waals surface area contributed by atoms with Gasteiger partial charge < -0.3 is 10.2 Å². The summed E-state index contributed by atoms with van der Waals surface area (Å²) in [7, 11) is 0. The Bertz CT molecular complexity index is 989. The van der Waals surface area contributed by atoms with Crippen LogP contribution in [0, 0.1) is 0 Å². The number of likely N-dealkylation sites (tertiary alicyclic amines) is 1. The van der Waals surface area contributed by atoms with Crippen LogP contribution in [0.25, 0.3) is 22.3 Å². The van der Waals surface area contributed by atoms with Crippen LogP contribution in [-0.2, 0) is 0 Å². The fourth-order valence-electron chi connectivity index (χ4n) is 4.40. The van der Waals surface area contributed by atoms with Gasteiger partial charge in [-0.05, 0) is 56.5 Å². The molecule has 1 atom stereocenters. The molecule has 1 aromatic carbocycles. The average molecular weight is 403 g/mol. The van der Waals surface area contributed by atoms with Crippen molar-refractivity contribution in [2.24, 2.45) is 0 Å². The maximum atomic E-state index is 13.0. The molecule has 0 radical (unpaired) electrons. The molecule has 1 saturated heterocycles. The number of hydrogen-bond donors (Lipinski definition) is 1. The van der Waals surface area contributed by atoms with Crippen LogP contribution in [0.2, 0.25) is 0 Å². The van der Waals surface area contributed by atoms with Gasteiger partial charge in [0, 0.05) is 30.7 Å². The summed E-state index contributed by atoms with van der Waals surface area (Å²) in [4.78, 5) is 24.7. The third-order valence-corrected chi connectivity index (χ3v) is 6.02. The number of hydrogen-bond acceptors (Lipinski definition) is 4. The highest BCUT2D eigenvalue weighted by Gasteiger charge is 2.20. The van der Waals surface area contributed by atoms with E-state index in [-0.39, 0.29) is 5.91 Å². The monoisotopic (exact) mass is 402 g/mol. The van der Waals surface area contributed by atoms with Crippen LogP contribution in [0.4, 0.5) is 0 Å². The molecule has 30 heavy (non-hydrogen) atoms. The van der Waals surface area contributed by atoms with Gasteiger partial charge in [-0.3, -0.25) is 9.78 Å². The van der Waals surface area contributed by atoms with E-state index in [0.29, 0.717) is 18.2 Å². The first-order chi connectivity index (χ1) is 14.8. The zero-order valence-corrected chi connectivity index (χ0v) is 17.7. The van der Waals surface area contributed by atoms with Crippen LogP contribution in [0.5, 0.6) is 0 Å². The predicted molar refractivity (Wildman–Crippen MR) is 121 cm³/mol. The lowest BCUT2D eigenvalue weighted by Crippen LogP contribution is -2.40. The van der Waals surface area contributed by atoms with Crippen LogP contribution in [0.1, 0.15) is 49.4 Å². The average Bonchev–Trinajstić information content (AvgIpc) is 2.81. The first-order valence-corrected chi connectivity index (χ1v) is 11.1. The maximum absolute atomic E-state index is 13.0. The molecule has 5 heteroatoms. The zero-order chi connectivity index (χ0) is 20.8. The lowest BCUT2D eigenvalue weighted by Gasteiger charge is -2.35. The van der Waals surface area contributed by atoms with E-state index in [0.717, 1.165) is 35.3 Å². The molecule has 5 nitrogen and oxygen atoms in total. The van der Waals surface area contributed by atoms with Gasteiger partial charge in [0.15, 0.2) is 0 Å². The van der Waals surface area contributed by atoms with Crippen molar-refractivity contribution in [3.63, 3.8) is 0 Å². The van der Waals surface area contributed by atoms with Gasteiger partial charge in [-0.25, -0.2) is 4.98 Å². The molecule has 0 aliphatic carbocycles. The molecule has 0 spiro atoms. The molecule has 0 bridgehead atoms. The fraction of sp³-hybridized carbons (Fsp3) is 0.400. The number of pyridine rings is 2. The van der Waals surface area contributed by atoms with E-state index in [4.69, 9.17) is 4.98 Å². The Morgan fingerprint density at radius 2 is 2.00 bits per heavy atom. The molecule has 0 saturated carbocycles. The second-order valence-electron chi connectivity index (χ2n) is 7.99. The van der Waals surface area contributed by atoms with Crippen molar-refractivity contribution >= 4 is 16.8 Å². The van der Waals surface area contributed by atoms with E-state index in [1.54, 1.807) is 6.20 Å². The minimum absolute atomic E-state index is 0.0449.